The van der Waals surface area contributed by atoms with E-state index in [-0.39, 0.29) is 12.5 Å². The quantitative estimate of drug-likeness (QED) is 0.280. The molecule has 6 nitrogen and oxygen atoms in total. The van der Waals surface area contributed by atoms with Crippen LogP contribution in [-0.4, -0.2) is 24.7 Å². The molecule has 0 aliphatic heterocycles. The Labute approximate surface area is 175 Å². The third-order valence-corrected chi connectivity index (χ3v) is 4.14. The molecule has 1 amide bonds. The van der Waals surface area contributed by atoms with Crippen molar-refractivity contribution in [3.8, 4) is 11.5 Å². The van der Waals surface area contributed by atoms with Crippen molar-refractivity contribution in [2.45, 2.75) is 13.8 Å². The number of benzene rings is 3. The number of amides is 1. The maximum absolute atomic E-state index is 12.1. The van der Waals surface area contributed by atoms with E-state index in [1.807, 2.05) is 44.2 Å². The van der Waals surface area contributed by atoms with Crippen LogP contribution in [-0.2, 0) is 4.79 Å². The van der Waals surface area contributed by atoms with Gasteiger partial charge in [0.2, 0.25) is 0 Å². The zero-order valence-electron chi connectivity index (χ0n) is 16.8. The van der Waals surface area contributed by atoms with Gasteiger partial charge in [-0.05, 0) is 73.5 Å². The highest BCUT2D eigenvalue weighted by Crippen LogP contribution is 2.14. The van der Waals surface area contributed by atoms with Crippen LogP contribution in [0.2, 0.25) is 0 Å². The molecule has 0 saturated carbocycles. The maximum Gasteiger partial charge on any atom is 0.343 e. The fraction of sp³-hybridized carbons (Fsp3) is 0.125. The minimum Gasteiger partial charge on any atom is -0.484 e. The van der Waals surface area contributed by atoms with Gasteiger partial charge in [-0.2, -0.15) is 5.10 Å². The van der Waals surface area contributed by atoms with Crippen LogP contribution in [0.15, 0.2) is 77.9 Å². The Morgan fingerprint density at radius 2 is 1.63 bits per heavy atom. The fourth-order valence-electron chi connectivity index (χ4n) is 2.54. The molecule has 0 spiro atoms. The first-order valence-electron chi connectivity index (χ1n) is 9.40. The zero-order chi connectivity index (χ0) is 21.3. The van der Waals surface area contributed by atoms with Gasteiger partial charge in [-0.1, -0.05) is 29.8 Å². The molecule has 30 heavy (non-hydrogen) atoms. The SMILES string of the molecule is Cc1ccc(C(=O)Oc2ccc(/C=N\NC(=O)COc3cccc(C)c3)cc2)cc1. The maximum atomic E-state index is 12.1. The van der Waals surface area contributed by atoms with Crippen molar-refractivity contribution in [2.75, 3.05) is 6.61 Å². The number of hydrogen-bond acceptors (Lipinski definition) is 5. The molecule has 0 radical (unpaired) electrons. The first-order chi connectivity index (χ1) is 14.5. The van der Waals surface area contributed by atoms with E-state index in [0.717, 1.165) is 16.7 Å². The molecule has 0 atom stereocenters. The number of ether oxygens (including phenoxy) is 2. The van der Waals surface area contributed by atoms with Crippen molar-refractivity contribution in [3.63, 3.8) is 0 Å². The predicted molar refractivity (Wildman–Crippen MR) is 115 cm³/mol. The molecule has 0 heterocycles. The second-order valence-corrected chi connectivity index (χ2v) is 6.72. The average Bonchev–Trinajstić information content (AvgIpc) is 2.74. The summed E-state index contributed by atoms with van der Waals surface area (Å²) < 4.78 is 10.8. The van der Waals surface area contributed by atoms with E-state index >= 15 is 0 Å². The lowest BCUT2D eigenvalue weighted by Gasteiger charge is -2.06. The van der Waals surface area contributed by atoms with Crippen LogP contribution in [0.5, 0.6) is 11.5 Å². The molecule has 0 aliphatic rings. The number of aryl methyl sites for hydroxylation is 2. The number of nitrogens with one attached hydrogen (secondary N) is 1. The van der Waals surface area contributed by atoms with Crippen LogP contribution in [0.3, 0.4) is 0 Å². The summed E-state index contributed by atoms with van der Waals surface area (Å²) in [6.45, 7) is 3.77. The Kier molecular flexibility index (Phi) is 6.95. The Balaban J connectivity index is 1.46. The van der Waals surface area contributed by atoms with Crippen LogP contribution in [0, 0.1) is 13.8 Å². The van der Waals surface area contributed by atoms with Crippen molar-refractivity contribution >= 4 is 18.1 Å². The average molecular weight is 402 g/mol. The molecule has 0 unspecified atom stereocenters. The molecule has 0 saturated heterocycles. The summed E-state index contributed by atoms with van der Waals surface area (Å²) in [5, 5.41) is 3.91. The molecule has 0 aromatic heterocycles. The molecule has 0 fully saturated rings. The second-order valence-electron chi connectivity index (χ2n) is 6.72. The van der Waals surface area contributed by atoms with E-state index in [9.17, 15) is 9.59 Å². The summed E-state index contributed by atoms with van der Waals surface area (Å²) in [5.41, 5.74) is 5.77. The van der Waals surface area contributed by atoms with E-state index in [2.05, 4.69) is 10.5 Å². The van der Waals surface area contributed by atoms with Gasteiger partial charge in [0.15, 0.2) is 6.61 Å². The molecule has 0 aliphatic carbocycles. The molecule has 1 N–H and O–H groups in total. The molecular formula is C24H22N2O4. The molecular weight excluding hydrogens is 380 g/mol. The number of hydrogen-bond donors (Lipinski definition) is 1. The molecule has 3 aromatic rings. The Hall–Kier alpha value is -3.93. The highest BCUT2D eigenvalue weighted by molar-refractivity contribution is 5.91. The largest absolute Gasteiger partial charge is 0.484 e. The van der Waals surface area contributed by atoms with Gasteiger partial charge in [0.1, 0.15) is 11.5 Å². The highest BCUT2D eigenvalue weighted by atomic mass is 16.5. The summed E-state index contributed by atoms with van der Waals surface area (Å²) in [5.74, 6) is 0.270. The van der Waals surface area contributed by atoms with Crippen molar-refractivity contribution in [2.24, 2.45) is 5.10 Å². The third-order valence-electron chi connectivity index (χ3n) is 4.14. The summed E-state index contributed by atoms with van der Waals surface area (Å²) in [6, 6.07) is 21.4. The molecule has 3 rings (SSSR count). The summed E-state index contributed by atoms with van der Waals surface area (Å²) in [6.07, 6.45) is 1.50. The van der Waals surface area contributed by atoms with Crippen molar-refractivity contribution in [3.05, 3.63) is 95.1 Å². The number of rotatable bonds is 7. The van der Waals surface area contributed by atoms with Crippen LogP contribution in [0.4, 0.5) is 0 Å². The summed E-state index contributed by atoms with van der Waals surface area (Å²) in [7, 11) is 0. The van der Waals surface area contributed by atoms with E-state index < -0.39 is 5.97 Å². The van der Waals surface area contributed by atoms with Crippen LogP contribution in [0.1, 0.15) is 27.0 Å². The minimum absolute atomic E-state index is 0.130. The number of nitrogens with zero attached hydrogens (tertiary/aromatic N) is 1. The van der Waals surface area contributed by atoms with E-state index in [0.29, 0.717) is 17.1 Å². The highest BCUT2D eigenvalue weighted by Gasteiger charge is 2.08. The molecule has 0 bridgehead atoms. The van der Waals surface area contributed by atoms with Crippen molar-refractivity contribution in [1.29, 1.82) is 0 Å². The molecule has 6 heteroatoms. The Morgan fingerprint density at radius 3 is 2.33 bits per heavy atom. The topological polar surface area (TPSA) is 77.0 Å². The van der Waals surface area contributed by atoms with Gasteiger partial charge in [0.05, 0.1) is 11.8 Å². The normalized spacial score (nSPS) is 10.6. The second kappa shape index (κ2) is 10.0. The standard InChI is InChI=1S/C24H22N2O4/c1-17-6-10-20(11-7-17)24(28)30-21-12-8-19(9-13-21)15-25-26-23(27)16-29-22-5-3-4-18(2)14-22/h3-15H,16H2,1-2H3,(H,26,27)/b25-15-. The monoisotopic (exact) mass is 402 g/mol. The number of esters is 1. The van der Waals surface area contributed by atoms with E-state index in [1.54, 1.807) is 42.5 Å². The lowest BCUT2D eigenvalue weighted by Crippen LogP contribution is -2.24. The van der Waals surface area contributed by atoms with Gasteiger partial charge in [-0.25, -0.2) is 10.2 Å². The van der Waals surface area contributed by atoms with E-state index in [4.69, 9.17) is 9.47 Å². The van der Waals surface area contributed by atoms with Gasteiger partial charge >= 0.3 is 5.97 Å². The molecule has 3 aromatic carbocycles. The summed E-state index contributed by atoms with van der Waals surface area (Å²) in [4.78, 5) is 23.9. The first kappa shape index (κ1) is 20.8. The first-order valence-corrected chi connectivity index (χ1v) is 9.40. The van der Waals surface area contributed by atoms with Crippen LogP contribution in [0.25, 0.3) is 0 Å². The van der Waals surface area contributed by atoms with Crippen molar-refractivity contribution in [1.82, 2.24) is 5.43 Å². The Morgan fingerprint density at radius 1 is 0.900 bits per heavy atom. The zero-order valence-corrected chi connectivity index (χ0v) is 16.8. The van der Waals surface area contributed by atoms with Gasteiger partial charge < -0.3 is 9.47 Å². The van der Waals surface area contributed by atoms with Crippen molar-refractivity contribution < 1.29 is 19.1 Å². The smallest absolute Gasteiger partial charge is 0.343 e. The molecule has 152 valence electrons. The number of carbonyl (C=O) groups excluding carboxylic acids is 2. The minimum atomic E-state index is -0.419. The number of hydrazone groups is 1. The van der Waals surface area contributed by atoms with Gasteiger partial charge in [-0.15, -0.1) is 0 Å². The van der Waals surface area contributed by atoms with Gasteiger partial charge in [0, 0.05) is 0 Å². The van der Waals surface area contributed by atoms with Crippen LogP contribution >= 0.6 is 0 Å². The Bertz CT molecular complexity index is 1040. The lowest BCUT2D eigenvalue weighted by atomic mass is 10.1. The number of carbonyl (C=O) groups is 2. The fourth-order valence-corrected chi connectivity index (χ4v) is 2.54. The van der Waals surface area contributed by atoms with Gasteiger partial charge in [0.25, 0.3) is 5.91 Å². The summed E-state index contributed by atoms with van der Waals surface area (Å²) >= 11 is 0. The van der Waals surface area contributed by atoms with E-state index in [1.165, 1.54) is 6.21 Å². The lowest BCUT2D eigenvalue weighted by molar-refractivity contribution is -0.123. The predicted octanol–water partition coefficient (Wildman–Crippen LogP) is 4.05. The van der Waals surface area contributed by atoms with Gasteiger partial charge in [-0.3, -0.25) is 4.79 Å². The third kappa shape index (κ3) is 6.31. The van der Waals surface area contributed by atoms with Crippen LogP contribution < -0.4 is 14.9 Å².